The molecule has 0 aliphatic heterocycles. The summed E-state index contributed by atoms with van der Waals surface area (Å²) >= 11 is 11.7. The van der Waals surface area contributed by atoms with Gasteiger partial charge in [0.25, 0.3) is 15.0 Å². The van der Waals surface area contributed by atoms with Crippen LogP contribution in [0, 0.1) is 0 Å². The van der Waals surface area contributed by atoms with Gasteiger partial charge in [-0.25, -0.2) is 8.42 Å². The number of carbonyl (C=O) groups excluding carboxylic acids is 1. The molecular formula is C12H14Cl3NO3S. The Morgan fingerprint density at radius 2 is 1.90 bits per heavy atom. The van der Waals surface area contributed by atoms with Crippen LogP contribution in [0.2, 0.25) is 10.0 Å². The molecule has 112 valence electrons. The number of carbonyl (C=O) groups is 1. The first kappa shape index (κ1) is 17.6. The van der Waals surface area contributed by atoms with E-state index >= 15 is 0 Å². The first-order chi connectivity index (χ1) is 9.27. The van der Waals surface area contributed by atoms with Gasteiger partial charge in [0.05, 0.1) is 10.6 Å². The second-order valence-electron chi connectivity index (χ2n) is 4.17. The highest BCUT2D eigenvalue weighted by Crippen LogP contribution is 2.31. The van der Waals surface area contributed by atoms with Crippen LogP contribution in [0.3, 0.4) is 0 Å². The Balaban J connectivity index is 3.01. The van der Waals surface area contributed by atoms with Gasteiger partial charge >= 0.3 is 0 Å². The fourth-order valence-corrected chi connectivity index (χ4v) is 3.44. The van der Waals surface area contributed by atoms with Crippen LogP contribution < -0.4 is 5.32 Å². The number of hydrogen-bond donors (Lipinski definition) is 1. The molecule has 0 aromatic heterocycles. The van der Waals surface area contributed by atoms with Crippen molar-refractivity contribution in [3.05, 3.63) is 27.7 Å². The van der Waals surface area contributed by atoms with Crippen molar-refractivity contribution in [2.45, 2.75) is 31.1 Å². The van der Waals surface area contributed by atoms with Gasteiger partial charge in [-0.15, -0.1) is 0 Å². The zero-order valence-electron chi connectivity index (χ0n) is 10.8. The minimum absolute atomic E-state index is 0.00473. The minimum Gasteiger partial charge on any atom is -0.352 e. The number of benzene rings is 1. The van der Waals surface area contributed by atoms with Gasteiger partial charge in [0.1, 0.15) is 4.90 Å². The molecule has 1 rings (SSSR count). The van der Waals surface area contributed by atoms with Gasteiger partial charge in [-0.3, -0.25) is 4.79 Å². The zero-order chi connectivity index (χ0) is 15.3. The van der Waals surface area contributed by atoms with Crippen molar-refractivity contribution in [2.75, 3.05) is 6.54 Å². The third-order valence-corrected chi connectivity index (χ3v) is 4.66. The first-order valence-electron chi connectivity index (χ1n) is 5.99. The van der Waals surface area contributed by atoms with Gasteiger partial charge in [-0.2, -0.15) is 0 Å². The Bertz CT molecular complexity index is 602. The van der Waals surface area contributed by atoms with Gasteiger partial charge in [0.15, 0.2) is 0 Å². The Labute approximate surface area is 132 Å². The summed E-state index contributed by atoms with van der Waals surface area (Å²) < 4.78 is 22.7. The molecule has 1 N–H and O–H groups in total. The maximum absolute atomic E-state index is 12.0. The molecule has 1 aromatic carbocycles. The monoisotopic (exact) mass is 357 g/mol. The smallest absolute Gasteiger partial charge is 0.262 e. The summed E-state index contributed by atoms with van der Waals surface area (Å²) in [5, 5.41) is 2.51. The maximum atomic E-state index is 12.0. The normalized spacial score (nSPS) is 11.4. The lowest BCUT2D eigenvalue weighted by atomic mass is 10.2. The van der Waals surface area contributed by atoms with Crippen LogP contribution >= 0.6 is 33.9 Å². The molecule has 0 aliphatic rings. The number of amides is 1. The molecule has 8 heteroatoms. The van der Waals surface area contributed by atoms with Crippen molar-refractivity contribution in [3.8, 4) is 0 Å². The fraction of sp³-hybridized carbons (Fsp3) is 0.417. The summed E-state index contributed by atoms with van der Waals surface area (Å²) in [6.07, 6.45) is 2.86. The number of rotatable bonds is 6. The van der Waals surface area contributed by atoms with Crippen LogP contribution in [-0.4, -0.2) is 20.9 Å². The molecule has 1 aromatic rings. The molecule has 0 saturated heterocycles. The number of nitrogens with one attached hydrogen (secondary N) is 1. The van der Waals surface area contributed by atoms with Crippen LogP contribution in [0.1, 0.15) is 36.5 Å². The van der Waals surface area contributed by atoms with Crippen LogP contribution in [0.25, 0.3) is 0 Å². The lowest BCUT2D eigenvalue weighted by Gasteiger charge is -2.09. The van der Waals surface area contributed by atoms with Crippen molar-refractivity contribution in [3.63, 3.8) is 0 Å². The van der Waals surface area contributed by atoms with Crippen molar-refractivity contribution < 1.29 is 13.2 Å². The van der Waals surface area contributed by atoms with Crippen molar-refractivity contribution in [1.82, 2.24) is 5.32 Å². The molecule has 0 fully saturated rings. The predicted octanol–water partition coefficient (Wildman–Crippen LogP) is 3.84. The summed E-state index contributed by atoms with van der Waals surface area (Å²) in [4.78, 5) is 11.6. The number of hydrogen-bond acceptors (Lipinski definition) is 3. The molecule has 0 bridgehead atoms. The van der Waals surface area contributed by atoms with Gasteiger partial charge in [0, 0.05) is 22.2 Å². The summed E-state index contributed by atoms with van der Waals surface area (Å²) in [6, 6.07) is 2.42. The van der Waals surface area contributed by atoms with E-state index < -0.39 is 15.0 Å². The summed E-state index contributed by atoms with van der Waals surface area (Å²) in [5.41, 5.74) is -0.00473. The highest BCUT2D eigenvalue weighted by Gasteiger charge is 2.22. The number of unbranched alkanes of at least 4 members (excludes halogenated alkanes) is 2. The molecule has 1 amide bonds. The van der Waals surface area contributed by atoms with Crippen molar-refractivity contribution in [2.24, 2.45) is 0 Å². The molecule has 0 saturated carbocycles. The summed E-state index contributed by atoms with van der Waals surface area (Å²) in [6.45, 7) is 2.53. The van der Waals surface area contributed by atoms with E-state index in [1.54, 1.807) is 0 Å². The first-order valence-corrected chi connectivity index (χ1v) is 9.05. The van der Waals surface area contributed by atoms with E-state index in [0.29, 0.717) is 6.54 Å². The van der Waals surface area contributed by atoms with E-state index in [9.17, 15) is 13.2 Å². The predicted molar refractivity (Wildman–Crippen MR) is 81.4 cm³/mol. The average molecular weight is 359 g/mol. The Morgan fingerprint density at radius 1 is 1.25 bits per heavy atom. The highest BCUT2D eigenvalue weighted by molar-refractivity contribution is 8.13. The lowest BCUT2D eigenvalue weighted by molar-refractivity contribution is 0.0953. The molecule has 4 nitrogen and oxygen atoms in total. The minimum atomic E-state index is -4.07. The maximum Gasteiger partial charge on any atom is 0.262 e. The van der Waals surface area contributed by atoms with E-state index in [-0.39, 0.29) is 20.5 Å². The van der Waals surface area contributed by atoms with Crippen LogP contribution in [0.5, 0.6) is 0 Å². The Morgan fingerprint density at radius 3 is 2.45 bits per heavy atom. The molecule has 0 radical (unpaired) electrons. The van der Waals surface area contributed by atoms with Crippen molar-refractivity contribution >= 4 is 48.8 Å². The largest absolute Gasteiger partial charge is 0.352 e. The molecule has 0 unspecified atom stereocenters. The summed E-state index contributed by atoms with van der Waals surface area (Å²) in [5.74, 6) is -0.477. The molecular weight excluding hydrogens is 345 g/mol. The van der Waals surface area contributed by atoms with Gasteiger partial charge in [-0.05, 0) is 18.6 Å². The summed E-state index contributed by atoms with van der Waals surface area (Å²) in [7, 11) is 1.19. The quantitative estimate of drug-likeness (QED) is 0.620. The second-order valence-corrected chi connectivity index (χ2v) is 7.52. The fourth-order valence-electron chi connectivity index (χ4n) is 1.58. The molecule has 0 aliphatic carbocycles. The second kappa shape index (κ2) is 7.50. The molecule has 0 spiro atoms. The van der Waals surface area contributed by atoms with Crippen LogP contribution in [-0.2, 0) is 9.05 Å². The highest BCUT2D eigenvalue weighted by atomic mass is 35.7. The van der Waals surface area contributed by atoms with Crippen LogP contribution in [0.4, 0.5) is 0 Å². The third kappa shape index (κ3) is 4.81. The van der Waals surface area contributed by atoms with E-state index in [2.05, 4.69) is 5.32 Å². The lowest BCUT2D eigenvalue weighted by Crippen LogP contribution is -2.25. The topological polar surface area (TPSA) is 63.2 Å². The van der Waals surface area contributed by atoms with E-state index in [0.717, 1.165) is 25.3 Å². The third-order valence-electron chi connectivity index (χ3n) is 2.58. The standard InChI is InChI=1S/C12H14Cl3NO3S/c1-2-3-4-5-16-12(17)9-6-8(13)7-10(11(9)14)20(15,18)19/h6-7H,2-5H2,1H3,(H,16,17). The van der Waals surface area contributed by atoms with Gasteiger partial charge < -0.3 is 5.32 Å². The van der Waals surface area contributed by atoms with E-state index in [1.165, 1.54) is 6.07 Å². The van der Waals surface area contributed by atoms with Gasteiger partial charge in [-0.1, -0.05) is 43.0 Å². The number of halogens is 3. The van der Waals surface area contributed by atoms with E-state index in [1.807, 2.05) is 6.92 Å². The average Bonchev–Trinajstić information content (AvgIpc) is 2.35. The van der Waals surface area contributed by atoms with Crippen LogP contribution in [0.15, 0.2) is 17.0 Å². The SMILES string of the molecule is CCCCCNC(=O)c1cc(Cl)cc(S(=O)(=O)Cl)c1Cl. The Kier molecular flexibility index (Phi) is 6.58. The molecule has 0 atom stereocenters. The van der Waals surface area contributed by atoms with E-state index in [4.69, 9.17) is 33.9 Å². The molecule has 0 heterocycles. The van der Waals surface area contributed by atoms with Crippen molar-refractivity contribution in [1.29, 1.82) is 0 Å². The zero-order valence-corrected chi connectivity index (χ0v) is 13.8. The molecule has 20 heavy (non-hydrogen) atoms. The Hall–Kier alpha value is -0.490. The van der Waals surface area contributed by atoms with Gasteiger partial charge in [0.2, 0.25) is 0 Å².